The normalized spacial score (nSPS) is 10.1. The fourth-order valence-corrected chi connectivity index (χ4v) is 2.54. The van der Waals surface area contributed by atoms with Crippen LogP contribution in [-0.4, -0.2) is 43.4 Å². The van der Waals surface area contributed by atoms with Crippen molar-refractivity contribution in [1.82, 2.24) is 16.2 Å². The molecule has 0 aliphatic carbocycles. The van der Waals surface area contributed by atoms with Gasteiger partial charge in [0, 0.05) is 6.61 Å². The van der Waals surface area contributed by atoms with Gasteiger partial charge in [0.2, 0.25) is 0 Å². The molecule has 0 aromatic heterocycles. The molecule has 0 atom stereocenters. The highest BCUT2D eigenvalue weighted by molar-refractivity contribution is 7.80. The number of amides is 2. The highest BCUT2D eigenvalue weighted by Crippen LogP contribution is 2.22. The van der Waals surface area contributed by atoms with Crippen LogP contribution in [0.25, 0.3) is 0 Å². The molecule has 0 fully saturated rings. The monoisotopic (exact) mass is 451 g/mol. The number of nitrogens with one attached hydrogen (secondary N) is 3. The topological polar surface area (TPSA) is 97.9 Å². The Kier molecular flexibility index (Phi) is 9.85. The summed E-state index contributed by atoms with van der Waals surface area (Å²) < 4.78 is 16.1. The molecular weight excluding hydrogens is 430 g/mol. The maximum Gasteiger partial charge on any atom is 0.276 e. The third-order valence-electron chi connectivity index (χ3n) is 3.56. The summed E-state index contributed by atoms with van der Waals surface area (Å²) in [7, 11) is 0. The number of hydrazine groups is 1. The lowest BCUT2D eigenvalue weighted by molar-refractivity contribution is -0.123. The first-order valence-corrected chi connectivity index (χ1v) is 9.87. The van der Waals surface area contributed by atoms with Gasteiger partial charge in [-0.05, 0) is 43.4 Å². The molecular formula is C20H22ClN3O5S. The van der Waals surface area contributed by atoms with E-state index in [0.717, 1.165) is 0 Å². The van der Waals surface area contributed by atoms with Crippen molar-refractivity contribution in [3.63, 3.8) is 0 Å². The van der Waals surface area contributed by atoms with Gasteiger partial charge in [-0.3, -0.25) is 25.8 Å². The molecule has 160 valence electrons. The molecule has 3 N–H and O–H groups in total. The molecule has 30 heavy (non-hydrogen) atoms. The zero-order valence-corrected chi connectivity index (χ0v) is 17.8. The molecule has 0 aliphatic heterocycles. The first kappa shape index (κ1) is 23.4. The molecule has 2 aromatic carbocycles. The summed E-state index contributed by atoms with van der Waals surface area (Å²) in [5.74, 6) is -0.215. The zero-order valence-electron chi connectivity index (χ0n) is 16.3. The number of carbonyl (C=O) groups is 2. The van der Waals surface area contributed by atoms with Gasteiger partial charge in [-0.25, -0.2) is 0 Å². The molecule has 0 spiro atoms. The number of halogens is 1. The second-order valence-corrected chi connectivity index (χ2v) is 6.53. The van der Waals surface area contributed by atoms with Crippen LogP contribution >= 0.6 is 23.8 Å². The Morgan fingerprint density at radius 2 is 1.67 bits per heavy atom. The first-order chi connectivity index (χ1) is 14.5. The summed E-state index contributed by atoms with van der Waals surface area (Å²) in [6.45, 7) is 2.90. The van der Waals surface area contributed by atoms with Gasteiger partial charge in [-0.2, -0.15) is 0 Å². The van der Waals surface area contributed by atoms with E-state index in [0.29, 0.717) is 41.9 Å². The van der Waals surface area contributed by atoms with Gasteiger partial charge in [0.1, 0.15) is 18.1 Å². The van der Waals surface area contributed by atoms with Crippen LogP contribution < -0.4 is 25.6 Å². The van der Waals surface area contributed by atoms with E-state index in [-0.39, 0.29) is 11.7 Å². The van der Waals surface area contributed by atoms with Crippen LogP contribution in [0.2, 0.25) is 5.02 Å². The Morgan fingerprint density at radius 1 is 0.967 bits per heavy atom. The maximum atomic E-state index is 12.5. The Hall–Kier alpha value is -2.88. The standard InChI is InChI=1S/C20H22ClN3O5S/c1-2-27-11-12-28-16-9-5-3-7-14(16)19(26)22-20(30)24-23-18(25)13-29-17-10-6-4-8-15(17)21/h3-10H,2,11-13H2,1H3,(H,23,25)(H2,22,24,26,30). The van der Waals surface area contributed by atoms with Gasteiger partial charge >= 0.3 is 0 Å². The van der Waals surface area contributed by atoms with Crippen LogP contribution in [0.15, 0.2) is 48.5 Å². The number of rotatable bonds is 9. The van der Waals surface area contributed by atoms with Crippen molar-refractivity contribution in [3.05, 3.63) is 59.1 Å². The second kappa shape index (κ2) is 12.6. The van der Waals surface area contributed by atoms with Crippen molar-refractivity contribution >= 4 is 40.7 Å². The SMILES string of the molecule is CCOCCOc1ccccc1C(=O)NC(=S)NNC(=O)COc1ccccc1Cl. The smallest absolute Gasteiger partial charge is 0.276 e. The highest BCUT2D eigenvalue weighted by atomic mass is 35.5. The van der Waals surface area contributed by atoms with E-state index >= 15 is 0 Å². The number of para-hydroxylation sites is 2. The molecule has 10 heteroatoms. The predicted molar refractivity (Wildman–Crippen MR) is 117 cm³/mol. The van der Waals surface area contributed by atoms with Gasteiger partial charge < -0.3 is 14.2 Å². The van der Waals surface area contributed by atoms with Gasteiger partial charge in [-0.1, -0.05) is 35.9 Å². The van der Waals surface area contributed by atoms with Crippen molar-refractivity contribution in [2.45, 2.75) is 6.92 Å². The van der Waals surface area contributed by atoms with Crippen LogP contribution in [0.1, 0.15) is 17.3 Å². The van der Waals surface area contributed by atoms with E-state index in [1.807, 2.05) is 6.92 Å². The minimum absolute atomic E-state index is 0.0878. The molecule has 0 saturated heterocycles. The van der Waals surface area contributed by atoms with Crippen molar-refractivity contribution in [3.8, 4) is 11.5 Å². The zero-order chi connectivity index (χ0) is 21.8. The molecule has 0 radical (unpaired) electrons. The number of hydrogen-bond acceptors (Lipinski definition) is 6. The Bertz CT molecular complexity index is 881. The van der Waals surface area contributed by atoms with Gasteiger partial charge in [0.25, 0.3) is 11.8 Å². The lowest BCUT2D eigenvalue weighted by Gasteiger charge is -2.14. The highest BCUT2D eigenvalue weighted by Gasteiger charge is 2.14. The summed E-state index contributed by atoms with van der Waals surface area (Å²) >= 11 is 11.0. The Morgan fingerprint density at radius 3 is 2.40 bits per heavy atom. The molecule has 0 bridgehead atoms. The number of ether oxygens (including phenoxy) is 3. The number of thiocarbonyl (C=S) groups is 1. The van der Waals surface area contributed by atoms with E-state index in [1.54, 1.807) is 48.5 Å². The summed E-state index contributed by atoms with van der Waals surface area (Å²) in [6, 6.07) is 13.5. The van der Waals surface area contributed by atoms with Crippen LogP contribution in [0.4, 0.5) is 0 Å². The quantitative estimate of drug-likeness (QED) is 0.306. The van der Waals surface area contributed by atoms with E-state index in [2.05, 4.69) is 16.2 Å². The average molecular weight is 452 g/mol. The average Bonchev–Trinajstić information content (AvgIpc) is 2.75. The summed E-state index contributed by atoms with van der Waals surface area (Å²) in [6.07, 6.45) is 0. The largest absolute Gasteiger partial charge is 0.490 e. The Balaban J connectivity index is 1.78. The minimum Gasteiger partial charge on any atom is -0.490 e. The molecule has 2 aromatic rings. The van der Waals surface area contributed by atoms with Gasteiger partial charge in [0.15, 0.2) is 11.7 Å². The van der Waals surface area contributed by atoms with Crippen molar-refractivity contribution in [2.75, 3.05) is 26.4 Å². The second-order valence-electron chi connectivity index (χ2n) is 5.72. The van der Waals surface area contributed by atoms with E-state index in [1.165, 1.54) is 0 Å². The number of hydrogen-bond donors (Lipinski definition) is 3. The third-order valence-corrected chi connectivity index (χ3v) is 4.08. The Labute approximate surface area is 184 Å². The molecule has 0 aliphatic rings. The third kappa shape index (κ3) is 7.86. The van der Waals surface area contributed by atoms with Crippen LogP contribution in [-0.2, 0) is 9.53 Å². The van der Waals surface area contributed by atoms with Crippen LogP contribution in [0, 0.1) is 0 Å². The van der Waals surface area contributed by atoms with Gasteiger partial charge in [0.05, 0.1) is 17.2 Å². The van der Waals surface area contributed by atoms with E-state index < -0.39 is 11.8 Å². The maximum absolute atomic E-state index is 12.5. The summed E-state index contributed by atoms with van der Waals surface area (Å²) in [5, 5.41) is 2.77. The molecule has 2 rings (SSSR count). The molecule has 2 amide bonds. The van der Waals surface area contributed by atoms with Crippen molar-refractivity contribution in [2.24, 2.45) is 0 Å². The fourth-order valence-electron chi connectivity index (χ4n) is 2.20. The molecule has 0 saturated carbocycles. The fraction of sp³-hybridized carbons (Fsp3) is 0.250. The van der Waals surface area contributed by atoms with E-state index in [9.17, 15) is 9.59 Å². The van der Waals surface area contributed by atoms with E-state index in [4.69, 9.17) is 38.0 Å². The van der Waals surface area contributed by atoms with Crippen LogP contribution in [0.5, 0.6) is 11.5 Å². The minimum atomic E-state index is -0.508. The van der Waals surface area contributed by atoms with Crippen molar-refractivity contribution in [1.29, 1.82) is 0 Å². The van der Waals surface area contributed by atoms with Crippen molar-refractivity contribution < 1.29 is 23.8 Å². The van der Waals surface area contributed by atoms with Gasteiger partial charge in [-0.15, -0.1) is 0 Å². The molecule has 0 unspecified atom stereocenters. The molecule has 8 nitrogen and oxygen atoms in total. The van der Waals surface area contributed by atoms with Crippen LogP contribution in [0.3, 0.4) is 0 Å². The molecule has 0 heterocycles. The first-order valence-electron chi connectivity index (χ1n) is 9.08. The lowest BCUT2D eigenvalue weighted by atomic mass is 10.2. The lowest BCUT2D eigenvalue weighted by Crippen LogP contribution is -2.49. The summed E-state index contributed by atoms with van der Waals surface area (Å²) in [5.41, 5.74) is 5.07. The predicted octanol–water partition coefficient (Wildman–Crippen LogP) is 2.47. The number of carbonyl (C=O) groups excluding carboxylic acids is 2. The summed E-state index contributed by atoms with van der Waals surface area (Å²) in [4.78, 5) is 24.3. The number of benzene rings is 2.